The molecule has 2 rings (SSSR count). The standard InChI is InChI=1S/C15H24N2O/c1-17(13-6-3-5-12(9-13)11-16)14-7-4-8-15(10-14)18-2/h3,5-6,9,14-15H,4,7-8,10-11,16H2,1-2H3. The van der Waals surface area contributed by atoms with Gasteiger partial charge in [0, 0.05) is 32.4 Å². The highest BCUT2D eigenvalue weighted by atomic mass is 16.5. The third-order valence-corrected chi connectivity index (χ3v) is 4.03. The first-order chi connectivity index (χ1) is 8.74. The van der Waals surface area contributed by atoms with E-state index in [9.17, 15) is 0 Å². The van der Waals surface area contributed by atoms with Crippen LogP contribution in [0.2, 0.25) is 0 Å². The molecule has 2 N–H and O–H groups in total. The second-order valence-electron chi connectivity index (χ2n) is 5.16. The lowest BCUT2D eigenvalue weighted by atomic mass is 9.91. The van der Waals surface area contributed by atoms with E-state index >= 15 is 0 Å². The molecule has 0 aliphatic heterocycles. The first-order valence-electron chi connectivity index (χ1n) is 6.79. The van der Waals surface area contributed by atoms with E-state index in [2.05, 4.69) is 36.2 Å². The fourth-order valence-corrected chi connectivity index (χ4v) is 2.80. The lowest BCUT2D eigenvalue weighted by Crippen LogP contribution is -2.38. The number of nitrogens with zero attached hydrogens (tertiary/aromatic N) is 1. The minimum Gasteiger partial charge on any atom is -0.381 e. The number of ether oxygens (including phenoxy) is 1. The monoisotopic (exact) mass is 248 g/mol. The van der Waals surface area contributed by atoms with Gasteiger partial charge in [0.15, 0.2) is 0 Å². The van der Waals surface area contributed by atoms with Gasteiger partial charge >= 0.3 is 0 Å². The van der Waals surface area contributed by atoms with Gasteiger partial charge in [-0.05, 0) is 43.4 Å². The second-order valence-corrected chi connectivity index (χ2v) is 5.16. The maximum absolute atomic E-state index is 5.70. The molecule has 0 aromatic heterocycles. The number of hydrogen-bond acceptors (Lipinski definition) is 3. The lowest BCUT2D eigenvalue weighted by Gasteiger charge is -2.36. The van der Waals surface area contributed by atoms with Gasteiger partial charge in [0.2, 0.25) is 0 Å². The molecular formula is C15H24N2O. The molecule has 0 spiro atoms. The number of hydrogen-bond donors (Lipinski definition) is 1. The van der Waals surface area contributed by atoms with Crippen LogP contribution in [0.1, 0.15) is 31.2 Å². The Hall–Kier alpha value is -1.06. The summed E-state index contributed by atoms with van der Waals surface area (Å²) in [6, 6.07) is 9.10. The van der Waals surface area contributed by atoms with Crippen LogP contribution in [0.15, 0.2) is 24.3 Å². The molecule has 3 nitrogen and oxygen atoms in total. The molecule has 1 aliphatic carbocycles. The highest BCUT2D eigenvalue weighted by molar-refractivity contribution is 5.49. The van der Waals surface area contributed by atoms with Gasteiger partial charge in [-0.2, -0.15) is 0 Å². The van der Waals surface area contributed by atoms with Gasteiger partial charge in [-0.25, -0.2) is 0 Å². The molecule has 1 aliphatic rings. The largest absolute Gasteiger partial charge is 0.381 e. The molecule has 1 aromatic carbocycles. The summed E-state index contributed by atoms with van der Waals surface area (Å²) in [5, 5.41) is 0. The average molecular weight is 248 g/mol. The molecule has 1 saturated carbocycles. The maximum atomic E-state index is 5.70. The van der Waals surface area contributed by atoms with Crippen molar-refractivity contribution in [2.45, 2.75) is 44.4 Å². The van der Waals surface area contributed by atoms with E-state index in [4.69, 9.17) is 10.5 Å². The predicted molar refractivity (Wildman–Crippen MR) is 75.8 cm³/mol. The van der Waals surface area contributed by atoms with Gasteiger partial charge in [-0.1, -0.05) is 12.1 Å². The zero-order chi connectivity index (χ0) is 13.0. The smallest absolute Gasteiger partial charge is 0.0591 e. The molecule has 1 aromatic rings. The molecule has 2 unspecified atom stereocenters. The van der Waals surface area contributed by atoms with E-state index in [1.165, 1.54) is 30.5 Å². The Labute approximate surface area is 110 Å². The Morgan fingerprint density at radius 3 is 2.94 bits per heavy atom. The van der Waals surface area contributed by atoms with E-state index in [1.807, 2.05) is 7.11 Å². The number of benzene rings is 1. The van der Waals surface area contributed by atoms with Gasteiger partial charge < -0.3 is 15.4 Å². The quantitative estimate of drug-likeness (QED) is 0.890. The highest BCUT2D eigenvalue weighted by Crippen LogP contribution is 2.28. The minimum absolute atomic E-state index is 0.420. The number of nitrogens with two attached hydrogens (primary N) is 1. The first-order valence-corrected chi connectivity index (χ1v) is 6.79. The van der Waals surface area contributed by atoms with Gasteiger partial charge in [0.1, 0.15) is 0 Å². The Balaban J connectivity index is 2.07. The third kappa shape index (κ3) is 3.03. The zero-order valence-electron chi connectivity index (χ0n) is 11.4. The summed E-state index contributed by atoms with van der Waals surface area (Å²) in [7, 11) is 4.00. The SMILES string of the molecule is COC1CCCC(N(C)c2cccc(CN)c2)C1. The van der Waals surface area contributed by atoms with Crippen LogP contribution < -0.4 is 10.6 Å². The molecule has 0 radical (unpaired) electrons. The second kappa shape index (κ2) is 6.21. The van der Waals surface area contributed by atoms with Crippen molar-refractivity contribution in [3.63, 3.8) is 0 Å². The summed E-state index contributed by atoms with van der Waals surface area (Å²) >= 11 is 0. The zero-order valence-corrected chi connectivity index (χ0v) is 11.4. The van der Waals surface area contributed by atoms with Crippen LogP contribution in [0.4, 0.5) is 5.69 Å². The third-order valence-electron chi connectivity index (χ3n) is 4.03. The normalized spacial score (nSPS) is 23.9. The van der Waals surface area contributed by atoms with E-state index in [1.54, 1.807) is 0 Å². The molecule has 3 heteroatoms. The Morgan fingerprint density at radius 2 is 2.22 bits per heavy atom. The maximum Gasteiger partial charge on any atom is 0.0591 e. The van der Waals surface area contributed by atoms with Gasteiger partial charge in [0.05, 0.1) is 6.10 Å². The van der Waals surface area contributed by atoms with E-state index in [0.29, 0.717) is 18.7 Å². The van der Waals surface area contributed by atoms with Crippen LogP contribution in [0.5, 0.6) is 0 Å². The molecule has 18 heavy (non-hydrogen) atoms. The van der Waals surface area contributed by atoms with Gasteiger partial charge in [-0.3, -0.25) is 0 Å². The molecule has 0 saturated heterocycles. The van der Waals surface area contributed by atoms with Crippen LogP contribution in [0.3, 0.4) is 0 Å². The van der Waals surface area contributed by atoms with Crippen molar-refractivity contribution in [2.75, 3.05) is 19.1 Å². The molecule has 0 bridgehead atoms. The van der Waals surface area contributed by atoms with Crippen molar-refractivity contribution in [1.82, 2.24) is 0 Å². The van der Waals surface area contributed by atoms with Crippen molar-refractivity contribution in [1.29, 1.82) is 0 Å². The molecule has 0 heterocycles. The molecule has 100 valence electrons. The van der Waals surface area contributed by atoms with E-state index in [-0.39, 0.29) is 0 Å². The Bertz CT molecular complexity index is 381. The van der Waals surface area contributed by atoms with E-state index < -0.39 is 0 Å². The summed E-state index contributed by atoms with van der Waals surface area (Å²) in [5.41, 5.74) is 8.16. The van der Waals surface area contributed by atoms with Crippen LogP contribution in [0, 0.1) is 0 Å². The molecule has 0 amide bonds. The topological polar surface area (TPSA) is 38.5 Å². The fourth-order valence-electron chi connectivity index (χ4n) is 2.80. The molecule has 2 atom stereocenters. The summed E-state index contributed by atoms with van der Waals surface area (Å²) in [6.07, 6.45) is 5.25. The summed E-state index contributed by atoms with van der Waals surface area (Å²) in [6.45, 7) is 0.604. The number of methoxy groups -OCH3 is 1. The van der Waals surface area contributed by atoms with Crippen molar-refractivity contribution in [3.05, 3.63) is 29.8 Å². The Kier molecular flexibility index (Phi) is 4.61. The predicted octanol–water partition coefficient (Wildman–Crippen LogP) is 2.54. The Morgan fingerprint density at radius 1 is 1.39 bits per heavy atom. The lowest BCUT2D eigenvalue weighted by molar-refractivity contribution is 0.0637. The van der Waals surface area contributed by atoms with Crippen LogP contribution in [-0.4, -0.2) is 26.3 Å². The van der Waals surface area contributed by atoms with Gasteiger partial charge in [0.25, 0.3) is 0 Å². The number of anilines is 1. The minimum atomic E-state index is 0.420. The van der Waals surface area contributed by atoms with Crippen molar-refractivity contribution >= 4 is 5.69 Å². The van der Waals surface area contributed by atoms with Crippen LogP contribution in [-0.2, 0) is 11.3 Å². The van der Waals surface area contributed by atoms with E-state index in [0.717, 1.165) is 6.42 Å². The van der Waals surface area contributed by atoms with Crippen molar-refractivity contribution in [2.24, 2.45) is 5.73 Å². The van der Waals surface area contributed by atoms with Crippen LogP contribution >= 0.6 is 0 Å². The van der Waals surface area contributed by atoms with Gasteiger partial charge in [-0.15, -0.1) is 0 Å². The highest BCUT2D eigenvalue weighted by Gasteiger charge is 2.24. The van der Waals surface area contributed by atoms with Crippen molar-refractivity contribution < 1.29 is 4.74 Å². The fraction of sp³-hybridized carbons (Fsp3) is 0.600. The first kappa shape index (κ1) is 13.4. The van der Waals surface area contributed by atoms with Crippen LogP contribution in [0.25, 0.3) is 0 Å². The number of rotatable bonds is 4. The van der Waals surface area contributed by atoms with Crippen molar-refractivity contribution in [3.8, 4) is 0 Å². The summed E-state index contributed by atoms with van der Waals surface area (Å²) in [4.78, 5) is 2.38. The summed E-state index contributed by atoms with van der Waals surface area (Å²) in [5.74, 6) is 0. The average Bonchev–Trinajstić information content (AvgIpc) is 2.46. The summed E-state index contributed by atoms with van der Waals surface area (Å²) < 4.78 is 5.51. The molecule has 1 fully saturated rings. The molecular weight excluding hydrogens is 224 g/mol.